The van der Waals surface area contributed by atoms with Crippen molar-refractivity contribution in [1.82, 2.24) is 9.80 Å². The van der Waals surface area contributed by atoms with E-state index in [1.807, 2.05) is 12.2 Å². The average Bonchev–Trinajstić information content (AvgIpc) is 3.20. The second-order valence-corrected chi connectivity index (χ2v) is 4.81. The van der Waals surface area contributed by atoms with E-state index in [2.05, 4.69) is 9.47 Å². The Labute approximate surface area is 126 Å². The Morgan fingerprint density at radius 1 is 0.818 bits per heavy atom. The Morgan fingerprint density at radius 2 is 1.18 bits per heavy atom. The SMILES string of the molecule is COC(=O)C(=O)N1CC=C(C2=CCN(C(=O)C(=O)OC)C2)C1. The number of carbonyl (C=O) groups is 4. The molecule has 0 N–H and O–H groups in total. The van der Waals surface area contributed by atoms with E-state index >= 15 is 0 Å². The van der Waals surface area contributed by atoms with Gasteiger partial charge in [0.05, 0.1) is 14.2 Å². The maximum atomic E-state index is 11.7. The van der Waals surface area contributed by atoms with Gasteiger partial charge in [0.1, 0.15) is 0 Å². The summed E-state index contributed by atoms with van der Waals surface area (Å²) in [6.45, 7) is 1.18. The Hall–Kier alpha value is -2.64. The summed E-state index contributed by atoms with van der Waals surface area (Å²) < 4.78 is 8.80. The molecule has 118 valence electrons. The number of rotatable bonds is 1. The summed E-state index contributed by atoms with van der Waals surface area (Å²) in [5, 5.41) is 0. The first-order chi connectivity index (χ1) is 10.5. The van der Waals surface area contributed by atoms with Crippen molar-refractivity contribution in [2.24, 2.45) is 0 Å². The van der Waals surface area contributed by atoms with E-state index in [9.17, 15) is 19.2 Å². The minimum Gasteiger partial charge on any atom is -0.462 e. The monoisotopic (exact) mass is 308 g/mol. The van der Waals surface area contributed by atoms with Gasteiger partial charge in [-0.25, -0.2) is 9.59 Å². The number of amides is 2. The molecule has 0 aromatic rings. The number of hydrogen-bond acceptors (Lipinski definition) is 6. The minimum absolute atomic E-state index is 0.278. The predicted octanol–water partition coefficient (Wildman–Crippen LogP) is -1.13. The first kappa shape index (κ1) is 15.7. The number of esters is 2. The molecule has 0 aromatic carbocycles. The second kappa shape index (κ2) is 6.42. The van der Waals surface area contributed by atoms with Crippen LogP contribution in [0.15, 0.2) is 23.3 Å². The summed E-state index contributed by atoms with van der Waals surface area (Å²) in [6.07, 6.45) is 3.64. The van der Waals surface area contributed by atoms with Crippen LogP contribution in [0.25, 0.3) is 0 Å². The van der Waals surface area contributed by atoms with Crippen molar-refractivity contribution >= 4 is 23.8 Å². The highest BCUT2D eigenvalue weighted by molar-refractivity contribution is 6.33. The van der Waals surface area contributed by atoms with Crippen LogP contribution in [0.3, 0.4) is 0 Å². The lowest BCUT2D eigenvalue weighted by molar-refractivity contribution is -0.157. The van der Waals surface area contributed by atoms with Crippen molar-refractivity contribution < 1.29 is 28.7 Å². The van der Waals surface area contributed by atoms with Crippen molar-refractivity contribution in [2.45, 2.75) is 0 Å². The molecule has 8 nitrogen and oxygen atoms in total. The fourth-order valence-corrected chi connectivity index (χ4v) is 2.32. The largest absolute Gasteiger partial charge is 0.462 e. The minimum atomic E-state index is -0.905. The van der Waals surface area contributed by atoms with Gasteiger partial charge in [0.25, 0.3) is 0 Å². The van der Waals surface area contributed by atoms with Crippen molar-refractivity contribution in [2.75, 3.05) is 40.4 Å². The van der Waals surface area contributed by atoms with E-state index in [0.29, 0.717) is 13.1 Å². The summed E-state index contributed by atoms with van der Waals surface area (Å²) in [5.74, 6) is -3.21. The van der Waals surface area contributed by atoms with Gasteiger partial charge in [-0.2, -0.15) is 0 Å². The first-order valence-corrected chi connectivity index (χ1v) is 6.60. The summed E-state index contributed by atoms with van der Waals surface area (Å²) in [7, 11) is 2.31. The fraction of sp³-hybridized carbons (Fsp3) is 0.429. The molecule has 0 aromatic heterocycles. The molecule has 0 bridgehead atoms. The fourth-order valence-electron chi connectivity index (χ4n) is 2.32. The molecule has 0 aliphatic carbocycles. The third kappa shape index (κ3) is 3.00. The Kier molecular flexibility index (Phi) is 4.59. The number of carbonyl (C=O) groups excluding carboxylic acids is 4. The normalized spacial score (nSPS) is 17.0. The first-order valence-electron chi connectivity index (χ1n) is 6.60. The highest BCUT2D eigenvalue weighted by Crippen LogP contribution is 2.23. The second-order valence-electron chi connectivity index (χ2n) is 4.81. The van der Waals surface area contributed by atoms with Crippen LogP contribution >= 0.6 is 0 Å². The van der Waals surface area contributed by atoms with Crippen LogP contribution in [0.2, 0.25) is 0 Å². The van der Waals surface area contributed by atoms with Crippen LogP contribution in [0, 0.1) is 0 Å². The lowest BCUT2D eigenvalue weighted by atomic mass is 10.1. The molecule has 0 saturated carbocycles. The third-order valence-electron chi connectivity index (χ3n) is 3.55. The third-order valence-corrected chi connectivity index (χ3v) is 3.55. The zero-order valence-electron chi connectivity index (χ0n) is 12.3. The van der Waals surface area contributed by atoms with Crippen molar-refractivity contribution in [3.05, 3.63) is 23.3 Å². The molecule has 2 heterocycles. The predicted molar refractivity (Wildman–Crippen MR) is 73.4 cm³/mol. The van der Waals surface area contributed by atoms with Crippen LogP contribution < -0.4 is 0 Å². The van der Waals surface area contributed by atoms with E-state index in [1.54, 1.807) is 0 Å². The molecule has 0 fully saturated rings. The van der Waals surface area contributed by atoms with Gasteiger partial charge in [-0.3, -0.25) is 9.59 Å². The van der Waals surface area contributed by atoms with E-state index in [4.69, 9.17) is 0 Å². The molecule has 0 radical (unpaired) electrons. The van der Waals surface area contributed by atoms with E-state index in [0.717, 1.165) is 25.4 Å². The van der Waals surface area contributed by atoms with Gasteiger partial charge in [0, 0.05) is 26.2 Å². The number of methoxy groups -OCH3 is 2. The van der Waals surface area contributed by atoms with Gasteiger partial charge in [0.15, 0.2) is 0 Å². The summed E-state index contributed by atoms with van der Waals surface area (Å²) in [6, 6.07) is 0. The molecule has 22 heavy (non-hydrogen) atoms. The number of ether oxygens (including phenoxy) is 2. The lowest BCUT2D eigenvalue weighted by Crippen LogP contribution is -2.37. The molecular weight excluding hydrogens is 292 g/mol. The van der Waals surface area contributed by atoms with Crippen LogP contribution in [-0.4, -0.2) is 74.0 Å². The Bertz CT molecular complexity index is 540. The maximum absolute atomic E-state index is 11.7. The number of hydrogen-bond donors (Lipinski definition) is 0. The topological polar surface area (TPSA) is 93.2 Å². The van der Waals surface area contributed by atoms with Gasteiger partial charge in [-0.15, -0.1) is 0 Å². The molecule has 8 heteroatoms. The molecular formula is C14H16N2O6. The van der Waals surface area contributed by atoms with Gasteiger partial charge in [-0.1, -0.05) is 12.2 Å². The molecule has 0 atom stereocenters. The van der Waals surface area contributed by atoms with E-state index in [-0.39, 0.29) is 13.1 Å². The van der Waals surface area contributed by atoms with Crippen LogP contribution in [0.5, 0.6) is 0 Å². The van der Waals surface area contributed by atoms with Crippen LogP contribution in [-0.2, 0) is 28.7 Å². The van der Waals surface area contributed by atoms with Crippen molar-refractivity contribution in [3.8, 4) is 0 Å². The van der Waals surface area contributed by atoms with Crippen LogP contribution in [0.4, 0.5) is 0 Å². The lowest BCUT2D eigenvalue weighted by Gasteiger charge is -2.16. The van der Waals surface area contributed by atoms with Gasteiger partial charge >= 0.3 is 23.8 Å². The molecule has 0 unspecified atom stereocenters. The number of nitrogens with zero attached hydrogens (tertiary/aromatic N) is 2. The molecule has 0 saturated heterocycles. The summed E-state index contributed by atoms with van der Waals surface area (Å²) >= 11 is 0. The van der Waals surface area contributed by atoms with Gasteiger partial charge in [-0.05, 0) is 11.1 Å². The quantitative estimate of drug-likeness (QED) is 0.449. The molecule has 0 spiro atoms. The molecule has 2 aliphatic heterocycles. The average molecular weight is 308 g/mol. The van der Waals surface area contributed by atoms with Crippen molar-refractivity contribution in [3.63, 3.8) is 0 Å². The Balaban J connectivity index is 1.93. The summed E-state index contributed by atoms with van der Waals surface area (Å²) in [4.78, 5) is 48.6. The molecule has 2 rings (SSSR count). The highest BCUT2D eigenvalue weighted by atomic mass is 16.5. The highest BCUT2D eigenvalue weighted by Gasteiger charge is 2.31. The van der Waals surface area contributed by atoms with Crippen molar-refractivity contribution in [1.29, 1.82) is 0 Å². The summed E-state index contributed by atoms with van der Waals surface area (Å²) in [5.41, 5.74) is 1.72. The zero-order valence-corrected chi connectivity index (χ0v) is 12.3. The van der Waals surface area contributed by atoms with E-state index < -0.39 is 23.8 Å². The smallest absolute Gasteiger partial charge is 0.396 e. The Morgan fingerprint density at radius 3 is 1.50 bits per heavy atom. The maximum Gasteiger partial charge on any atom is 0.396 e. The van der Waals surface area contributed by atoms with E-state index in [1.165, 1.54) is 9.80 Å². The zero-order chi connectivity index (χ0) is 16.3. The standard InChI is InChI=1S/C14H16N2O6/c1-21-13(19)11(17)15-5-3-9(7-15)10-4-6-16(8-10)12(18)14(20)22-2/h3-4H,5-8H2,1-2H3. The van der Waals surface area contributed by atoms with Crippen LogP contribution in [0.1, 0.15) is 0 Å². The van der Waals surface area contributed by atoms with Gasteiger partial charge < -0.3 is 19.3 Å². The van der Waals surface area contributed by atoms with Gasteiger partial charge in [0.2, 0.25) is 0 Å². The molecule has 2 amide bonds. The molecule has 2 aliphatic rings.